The molecule has 5 atom stereocenters. The third kappa shape index (κ3) is 10.4. The van der Waals surface area contributed by atoms with Crippen molar-refractivity contribution in [2.24, 2.45) is 0 Å². The lowest BCUT2D eigenvalue weighted by Gasteiger charge is -2.25. The van der Waals surface area contributed by atoms with Gasteiger partial charge in [0.1, 0.15) is 40.4 Å². The predicted molar refractivity (Wildman–Crippen MR) is 166 cm³/mol. The van der Waals surface area contributed by atoms with Crippen LogP contribution in [0.25, 0.3) is 0 Å². The molecule has 0 fully saturated rings. The van der Waals surface area contributed by atoms with E-state index < -0.39 is 82.1 Å². The summed E-state index contributed by atoms with van der Waals surface area (Å²) in [4.78, 5) is 50.5. The fourth-order valence-corrected chi connectivity index (χ4v) is 4.99. The van der Waals surface area contributed by atoms with Gasteiger partial charge >= 0.3 is 0 Å². The zero-order valence-electron chi connectivity index (χ0n) is 23.4. The molecule has 0 spiro atoms. The van der Waals surface area contributed by atoms with Gasteiger partial charge in [-0.05, 0) is 35.4 Å². The number of hydrogen-bond acceptors (Lipinski definition) is 6. The monoisotopic (exact) mass is 756 g/mol. The summed E-state index contributed by atoms with van der Waals surface area (Å²) in [7, 11) is 0. The van der Waals surface area contributed by atoms with E-state index >= 15 is 0 Å². The molecule has 0 bridgehead atoms. The van der Waals surface area contributed by atoms with Crippen LogP contribution in [0.1, 0.15) is 16.0 Å². The maximum Gasteiger partial charge on any atom is 0.249 e. The largest absolute Gasteiger partial charge is 0.394 e. The van der Waals surface area contributed by atoms with Gasteiger partial charge in [-0.3, -0.25) is 19.2 Å². The molecule has 0 aliphatic carbocycles. The molecule has 0 heterocycles. The Kier molecular flexibility index (Phi) is 13.5. The van der Waals surface area contributed by atoms with Crippen LogP contribution in [0.4, 0.5) is 18.9 Å². The Hall–Kier alpha value is -3.79. The van der Waals surface area contributed by atoms with Crippen molar-refractivity contribution in [1.82, 2.24) is 16.0 Å². The first-order valence-corrected chi connectivity index (χ1v) is 15.2. The van der Waals surface area contributed by atoms with E-state index in [0.29, 0.717) is 17.2 Å². The minimum atomic E-state index is -1.60. The van der Waals surface area contributed by atoms with Crippen molar-refractivity contribution in [3.05, 3.63) is 101 Å². The van der Waals surface area contributed by atoms with Crippen LogP contribution in [-0.2, 0) is 25.6 Å². The fraction of sp³-hybridized carbons (Fsp3) is 0.267. The third-order valence-corrected chi connectivity index (χ3v) is 9.14. The number of rotatable bonds is 14. The Morgan fingerprint density at radius 3 is 1.80 bits per heavy atom. The molecule has 0 aliphatic heterocycles. The Morgan fingerprint density at radius 1 is 0.667 bits per heavy atom. The number of amides is 4. The van der Waals surface area contributed by atoms with E-state index in [2.05, 4.69) is 53.1 Å². The van der Waals surface area contributed by atoms with Crippen molar-refractivity contribution in [2.45, 2.75) is 34.2 Å². The van der Waals surface area contributed by atoms with Crippen LogP contribution in [0, 0.1) is 17.5 Å². The summed E-state index contributed by atoms with van der Waals surface area (Å²) in [6.45, 7) is -1.75. The summed E-state index contributed by atoms with van der Waals surface area (Å²) in [5.74, 6) is -5.99. The second kappa shape index (κ2) is 17.1. The maximum atomic E-state index is 14.0. The summed E-state index contributed by atoms with van der Waals surface area (Å²) < 4.78 is 40.5. The number of aliphatic hydroxyl groups excluding tert-OH is 2. The maximum absolute atomic E-state index is 14.0. The van der Waals surface area contributed by atoms with Gasteiger partial charge < -0.3 is 31.5 Å². The summed E-state index contributed by atoms with van der Waals surface area (Å²) >= 11 is 6.59. The van der Waals surface area contributed by atoms with Crippen LogP contribution in [0.2, 0.25) is 0 Å². The lowest BCUT2D eigenvalue weighted by atomic mass is 10.0. The van der Waals surface area contributed by atoms with E-state index in [1.165, 1.54) is 24.3 Å². The molecule has 45 heavy (non-hydrogen) atoms. The van der Waals surface area contributed by atoms with Gasteiger partial charge in [-0.25, -0.2) is 13.2 Å². The van der Waals surface area contributed by atoms with Crippen LogP contribution >= 0.6 is 31.9 Å². The normalized spacial score (nSPS) is 14.3. The number of aliphatic hydroxyl groups is 2. The lowest BCUT2D eigenvalue weighted by Crippen LogP contribution is -2.58. The third-order valence-electron chi connectivity index (χ3n) is 6.43. The van der Waals surface area contributed by atoms with Crippen molar-refractivity contribution < 1.29 is 42.6 Å². The molecule has 3 rings (SSSR count). The van der Waals surface area contributed by atoms with Crippen LogP contribution in [0.15, 0.2) is 72.8 Å². The summed E-state index contributed by atoms with van der Waals surface area (Å²) in [5, 5.41) is 29.0. The van der Waals surface area contributed by atoms with E-state index in [1.54, 1.807) is 30.3 Å². The van der Waals surface area contributed by atoms with Crippen molar-refractivity contribution in [3.8, 4) is 0 Å². The molecule has 0 radical (unpaired) electrons. The van der Waals surface area contributed by atoms with Gasteiger partial charge in [-0.1, -0.05) is 74.3 Å². The molecule has 0 aliphatic rings. The molecular formula is C30H29Br2F3N4O6. The number of halogens is 5. The highest BCUT2D eigenvalue weighted by atomic mass is 79.9. The Labute approximate surface area is 273 Å². The number of carbonyl (C=O) groups excluding carboxylic acids is 4. The van der Waals surface area contributed by atoms with E-state index in [0.717, 1.165) is 12.1 Å². The van der Waals surface area contributed by atoms with Crippen molar-refractivity contribution in [2.75, 3.05) is 18.5 Å². The highest BCUT2D eigenvalue weighted by Crippen LogP contribution is 2.31. The van der Waals surface area contributed by atoms with Crippen LogP contribution < -0.4 is 21.3 Å². The van der Waals surface area contributed by atoms with Crippen LogP contribution in [0.3, 0.4) is 0 Å². The van der Waals surface area contributed by atoms with Gasteiger partial charge in [0.05, 0.1) is 23.7 Å². The van der Waals surface area contributed by atoms with Gasteiger partial charge in [0.2, 0.25) is 23.6 Å². The standard InChI is InChI=1S/C30H29Br2F3N4O6/c31-25(17-6-8-18(33)9-7-17)26(32)30(45)39-24(15-41)29(44)37-22(12-16-4-2-1-3-5-16)27(42)38-23(14-40)28(43)36-21-11-10-19(34)13-20(21)35/h1-11,13,22-26,40-41H,12,14-15H2,(H,36,43)(H,37,44)(H,38,42)(H,39,45)/t22-,23-,24-,25?,26?/m0/s1. The molecule has 15 heteroatoms. The minimum absolute atomic E-state index is 0.0913. The molecular weight excluding hydrogens is 729 g/mol. The molecule has 3 aromatic carbocycles. The molecule has 0 saturated heterocycles. The highest BCUT2D eigenvalue weighted by Gasteiger charge is 2.32. The number of benzene rings is 3. The first-order valence-electron chi connectivity index (χ1n) is 13.4. The molecule has 2 unspecified atom stereocenters. The van der Waals surface area contributed by atoms with Gasteiger partial charge in [0.25, 0.3) is 0 Å². The van der Waals surface area contributed by atoms with Crippen LogP contribution in [-0.4, -0.2) is 70.0 Å². The van der Waals surface area contributed by atoms with E-state index in [9.17, 15) is 42.6 Å². The Morgan fingerprint density at radius 2 is 1.20 bits per heavy atom. The lowest BCUT2D eigenvalue weighted by molar-refractivity contribution is -0.133. The molecule has 3 aromatic rings. The second-order valence-electron chi connectivity index (χ2n) is 9.71. The molecule has 6 N–H and O–H groups in total. The summed E-state index contributed by atoms with van der Waals surface area (Å²) in [6, 6.07) is 11.8. The molecule has 0 saturated carbocycles. The van der Waals surface area contributed by atoms with Gasteiger partial charge in [0, 0.05) is 12.5 Å². The molecule has 4 amide bonds. The second-order valence-corrected chi connectivity index (χ2v) is 11.7. The Balaban J connectivity index is 1.72. The van der Waals surface area contributed by atoms with Gasteiger partial charge in [-0.2, -0.15) is 0 Å². The number of anilines is 1. The van der Waals surface area contributed by atoms with Gasteiger partial charge in [-0.15, -0.1) is 0 Å². The number of alkyl halides is 2. The first-order chi connectivity index (χ1) is 21.4. The SMILES string of the molecule is O=C(N[C@@H](CO)C(=O)N[C@@H](Cc1ccccc1)C(=O)N[C@@H](CO)C(=O)Nc1ccc(F)cc1F)C(Br)C(Br)c1ccc(F)cc1. The molecule has 0 aromatic heterocycles. The Bertz CT molecular complexity index is 1490. The van der Waals surface area contributed by atoms with Crippen LogP contribution in [0.5, 0.6) is 0 Å². The number of nitrogens with one attached hydrogen (secondary N) is 4. The fourth-order valence-electron chi connectivity index (χ4n) is 4.00. The quantitative estimate of drug-likeness (QED) is 0.139. The van der Waals surface area contributed by atoms with E-state index in [4.69, 9.17) is 0 Å². The van der Waals surface area contributed by atoms with E-state index in [-0.39, 0.29) is 12.1 Å². The number of carbonyl (C=O) groups is 4. The zero-order valence-corrected chi connectivity index (χ0v) is 26.5. The average Bonchev–Trinajstić information content (AvgIpc) is 3.03. The molecule has 10 nitrogen and oxygen atoms in total. The summed E-state index contributed by atoms with van der Waals surface area (Å²) in [5.41, 5.74) is 0.769. The minimum Gasteiger partial charge on any atom is -0.394 e. The summed E-state index contributed by atoms with van der Waals surface area (Å²) in [6.07, 6.45) is -0.0913. The topological polar surface area (TPSA) is 157 Å². The zero-order chi connectivity index (χ0) is 33.1. The van der Waals surface area contributed by atoms with Crippen molar-refractivity contribution >= 4 is 61.2 Å². The number of hydrogen-bond donors (Lipinski definition) is 6. The predicted octanol–water partition coefficient (Wildman–Crippen LogP) is 2.62. The molecule has 240 valence electrons. The van der Waals surface area contributed by atoms with E-state index in [1.807, 2.05) is 0 Å². The average molecular weight is 758 g/mol. The van der Waals surface area contributed by atoms with Crippen molar-refractivity contribution in [3.63, 3.8) is 0 Å². The first kappa shape index (κ1) is 35.7. The van der Waals surface area contributed by atoms with Gasteiger partial charge in [0.15, 0.2) is 0 Å². The smallest absolute Gasteiger partial charge is 0.249 e. The van der Waals surface area contributed by atoms with Crippen molar-refractivity contribution in [1.29, 1.82) is 0 Å². The highest BCUT2D eigenvalue weighted by molar-refractivity contribution is 9.12.